The van der Waals surface area contributed by atoms with Gasteiger partial charge >= 0.3 is 0 Å². The maximum absolute atomic E-state index is 9.12. The summed E-state index contributed by atoms with van der Waals surface area (Å²) < 4.78 is 5.37. The van der Waals surface area contributed by atoms with Gasteiger partial charge in [-0.15, -0.1) is 0 Å². The Balaban J connectivity index is 2.14. The van der Waals surface area contributed by atoms with Crippen LogP contribution in [0.15, 0.2) is 58.7 Å². The zero-order valence-electron chi connectivity index (χ0n) is 11.5. The molecule has 0 atom stereocenters. The quantitative estimate of drug-likeness (QED) is 0.508. The summed E-state index contributed by atoms with van der Waals surface area (Å²) in [6.45, 7) is 2.53. The van der Waals surface area contributed by atoms with Crippen LogP contribution in [0.5, 0.6) is 5.75 Å². The van der Waals surface area contributed by atoms with E-state index in [9.17, 15) is 0 Å². The fourth-order valence-corrected chi connectivity index (χ4v) is 1.84. The highest BCUT2D eigenvalue weighted by Crippen LogP contribution is 2.16. The van der Waals surface area contributed by atoms with Gasteiger partial charge in [0.2, 0.25) is 0 Å². The summed E-state index contributed by atoms with van der Waals surface area (Å²) in [6, 6.07) is 14.3. The first-order valence-electron chi connectivity index (χ1n) is 6.48. The zero-order chi connectivity index (χ0) is 15.1. The second-order valence-corrected chi connectivity index (χ2v) is 4.61. The zero-order valence-corrected chi connectivity index (χ0v) is 12.3. The van der Waals surface area contributed by atoms with Crippen molar-refractivity contribution >= 4 is 29.2 Å². The molecule has 0 aromatic heterocycles. The van der Waals surface area contributed by atoms with E-state index in [-0.39, 0.29) is 0 Å². The van der Waals surface area contributed by atoms with Gasteiger partial charge in [-0.2, -0.15) is 0 Å². The van der Waals surface area contributed by atoms with E-state index in [2.05, 4.69) is 10.1 Å². The molecule has 5 heteroatoms. The lowest BCUT2D eigenvalue weighted by molar-refractivity contribution is 0.320. The Kier molecular flexibility index (Phi) is 5.35. The van der Waals surface area contributed by atoms with Gasteiger partial charge in [-0.1, -0.05) is 16.8 Å². The van der Waals surface area contributed by atoms with Crippen LogP contribution in [0.2, 0.25) is 5.02 Å². The van der Waals surface area contributed by atoms with Crippen molar-refractivity contribution in [2.24, 2.45) is 10.1 Å². The van der Waals surface area contributed by atoms with Crippen LogP contribution in [-0.2, 0) is 0 Å². The first kappa shape index (κ1) is 15.1. The van der Waals surface area contributed by atoms with Crippen molar-refractivity contribution in [1.29, 1.82) is 0 Å². The maximum atomic E-state index is 9.12. The van der Waals surface area contributed by atoms with Crippen LogP contribution in [-0.4, -0.2) is 23.7 Å². The molecule has 4 nitrogen and oxygen atoms in total. The van der Waals surface area contributed by atoms with Crippen LogP contribution in [0, 0.1) is 0 Å². The van der Waals surface area contributed by atoms with Crippen LogP contribution in [0.1, 0.15) is 12.5 Å². The van der Waals surface area contributed by atoms with E-state index in [1.807, 2.05) is 31.2 Å². The smallest absolute Gasteiger partial charge is 0.128 e. The van der Waals surface area contributed by atoms with Crippen LogP contribution < -0.4 is 4.74 Å². The number of hydrogen-bond donors (Lipinski definition) is 1. The Bertz CT molecular complexity index is 634. The van der Waals surface area contributed by atoms with Crippen molar-refractivity contribution in [2.75, 3.05) is 6.61 Å². The molecular weight excluding hydrogens is 288 g/mol. The number of nitrogens with zero attached hydrogens (tertiary/aromatic N) is 2. The van der Waals surface area contributed by atoms with E-state index in [0.717, 1.165) is 17.0 Å². The largest absolute Gasteiger partial charge is 0.494 e. The highest BCUT2D eigenvalue weighted by molar-refractivity contribution is 6.38. The number of ether oxygens (including phenoxy) is 1. The Morgan fingerprint density at radius 1 is 1.14 bits per heavy atom. The first-order valence-corrected chi connectivity index (χ1v) is 6.85. The molecule has 0 unspecified atom stereocenters. The number of aliphatic imine (C=N–C) groups is 1. The van der Waals surface area contributed by atoms with Crippen LogP contribution >= 0.6 is 11.6 Å². The molecule has 1 N–H and O–H groups in total. The molecule has 0 radical (unpaired) electrons. The van der Waals surface area contributed by atoms with Crippen LogP contribution in [0.3, 0.4) is 0 Å². The molecule has 0 saturated carbocycles. The van der Waals surface area contributed by atoms with Gasteiger partial charge in [0.25, 0.3) is 0 Å². The van der Waals surface area contributed by atoms with Gasteiger partial charge < -0.3 is 9.94 Å². The average molecular weight is 303 g/mol. The third-order valence-corrected chi connectivity index (χ3v) is 2.98. The Morgan fingerprint density at radius 3 is 2.38 bits per heavy atom. The predicted molar refractivity (Wildman–Crippen MR) is 85.5 cm³/mol. The monoisotopic (exact) mass is 302 g/mol. The molecule has 0 heterocycles. The second kappa shape index (κ2) is 7.45. The highest BCUT2D eigenvalue weighted by atomic mass is 35.5. The number of benzene rings is 2. The van der Waals surface area contributed by atoms with Gasteiger partial charge in [-0.25, -0.2) is 0 Å². The fourth-order valence-electron chi connectivity index (χ4n) is 1.71. The number of halogens is 1. The SMILES string of the molecule is CCOc1ccc(/C(C=Nc2ccc(Cl)cc2)=N/O)cc1. The van der Waals surface area contributed by atoms with Crippen LogP contribution in [0.25, 0.3) is 0 Å². The Morgan fingerprint density at radius 2 is 1.81 bits per heavy atom. The van der Waals surface area contributed by atoms with Gasteiger partial charge in [-0.05, 0) is 55.5 Å². The predicted octanol–water partition coefficient (Wildman–Crippen LogP) is 4.32. The van der Waals surface area contributed by atoms with Gasteiger partial charge in [0.1, 0.15) is 11.5 Å². The van der Waals surface area contributed by atoms with E-state index in [1.54, 1.807) is 24.3 Å². The minimum Gasteiger partial charge on any atom is -0.494 e. The molecule has 0 bridgehead atoms. The standard InChI is InChI=1S/C16H15ClN2O2/c1-2-21-15-9-3-12(4-10-15)16(19-20)11-18-14-7-5-13(17)6-8-14/h3-11,20H,2H2,1H3/b18-11?,19-16+. The van der Waals surface area contributed by atoms with Gasteiger partial charge in [-0.3, -0.25) is 4.99 Å². The molecule has 0 fully saturated rings. The van der Waals surface area contributed by atoms with Gasteiger partial charge in [0.05, 0.1) is 18.5 Å². The third-order valence-electron chi connectivity index (χ3n) is 2.73. The molecular formula is C16H15ClN2O2. The Labute approximate surface area is 128 Å². The van der Waals surface area contributed by atoms with Gasteiger partial charge in [0, 0.05) is 10.6 Å². The van der Waals surface area contributed by atoms with Crippen molar-refractivity contribution in [3.8, 4) is 5.75 Å². The first-order chi connectivity index (χ1) is 10.2. The summed E-state index contributed by atoms with van der Waals surface area (Å²) in [6.07, 6.45) is 1.50. The molecule has 0 spiro atoms. The third kappa shape index (κ3) is 4.33. The summed E-state index contributed by atoms with van der Waals surface area (Å²) in [5, 5.41) is 13.0. The Hall–Kier alpha value is -2.33. The minimum absolute atomic E-state index is 0.369. The lowest BCUT2D eigenvalue weighted by Gasteiger charge is -2.04. The summed E-state index contributed by atoms with van der Waals surface area (Å²) in [4.78, 5) is 4.25. The molecule has 0 saturated heterocycles. The molecule has 108 valence electrons. The van der Waals surface area contributed by atoms with Gasteiger partial charge in [0.15, 0.2) is 0 Å². The van der Waals surface area contributed by atoms with Crippen molar-refractivity contribution in [1.82, 2.24) is 0 Å². The minimum atomic E-state index is 0.369. The number of hydrogen-bond acceptors (Lipinski definition) is 4. The van der Waals surface area contributed by atoms with E-state index >= 15 is 0 Å². The molecule has 2 aromatic carbocycles. The lowest BCUT2D eigenvalue weighted by Crippen LogP contribution is -2.02. The fraction of sp³-hybridized carbons (Fsp3) is 0.125. The summed E-state index contributed by atoms with van der Waals surface area (Å²) in [5.41, 5.74) is 1.85. The van der Waals surface area contributed by atoms with Crippen molar-refractivity contribution in [3.05, 3.63) is 59.1 Å². The highest BCUT2D eigenvalue weighted by Gasteiger charge is 2.02. The second-order valence-electron chi connectivity index (χ2n) is 4.18. The molecule has 2 aromatic rings. The van der Waals surface area contributed by atoms with Crippen LogP contribution in [0.4, 0.5) is 5.69 Å². The molecule has 0 aliphatic heterocycles. The van der Waals surface area contributed by atoms with E-state index in [1.165, 1.54) is 6.21 Å². The topological polar surface area (TPSA) is 54.2 Å². The van der Waals surface area contributed by atoms with E-state index < -0.39 is 0 Å². The molecule has 21 heavy (non-hydrogen) atoms. The van der Waals surface area contributed by atoms with E-state index in [0.29, 0.717) is 17.3 Å². The summed E-state index contributed by atoms with van der Waals surface area (Å²) in [7, 11) is 0. The number of oxime groups is 1. The van der Waals surface area contributed by atoms with Crippen molar-refractivity contribution in [3.63, 3.8) is 0 Å². The normalized spacial score (nSPS) is 11.8. The molecule has 0 amide bonds. The molecule has 2 rings (SSSR count). The van der Waals surface area contributed by atoms with E-state index in [4.69, 9.17) is 21.5 Å². The van der Waals surface area contributed by atoms with Crippen molar-refractivity contribution in [2.45, 2.75) is 6.92 Å². The summed E-state index contributed by atoms with van der Waals surface area (Å²) >= 11 is 5.81. The molecule has 0 aliphatic carbocycles. The van der Waals surface area contributed by atoms with Crippen molar-refractivity contribution < 1.29 is 9.94 Å². The maximum Gasteiger partial charge on any atom is 0.128 e. The molecule has 0 aliphatic rings. The lowest BCUT2D eigenvalue weighted by atomic mass is 10.1. The number of rotatable bonds is 5. The summed E-state index contributed by atoms with van der Waals surface area (Å²) in [5.74, 6) is 0.771. The average Bonchev–Trinajstić information content (AvgIpc) is 2.51.